The van der Waals surface area contributed by atoms with Gasteiger partial charge in [0.05, 0.1) is 0 Å². The molecule has 2 aromatic rings. The zero-order valence-corrected chi connectivity index (χ0v) is 25.9. The van der Waals surface area contributed by atoms with Crippen molar-refractivity contribution in [2.75, 3.05) is 90.0 Å². The van der Waals surface area contributed by atoms with Gasteiger partial charge in [-0.3, -0.25) is 0 Å². The van der Waals surface area contributed by atoms with Crippen LogP contribution in [0.25, 0.3) is 0 Å². The van der Waals surface area contributed by atoms with Gasteiger partial charge in [-0.05, 0) is 74.2 Å². The summed E-state index contributed by atoms with van der Waals surface area (Å²) in [6.45, 7) is 14.5. The fourth-order valence-corrected chi connectivity index (χ4v) is 7.56. The van der Waals surface area contributed by atoms with Crippen molar-refractivity contribution in [2.24, 2.45) is 0 Å². The minimum atomic E-state index is 0.825. The number of halogens is 2. The van der Waals surface area contributed by atoms with Crippen LogP contribution >= 0.6 is 44.8 Å². The molecule has 8 heteroatoms. The maximum atomic E-state index is 5.99. The van der Waals surface area contributed by atoms with Crippen molar-refractivity contribution < 1.29 is 0 Å². The van der Waals surface area contributed by atoms with Crippen LogP contribution < -0.4 is 0 Å². The van der Waals surface area contributed by atoms with Crippen LogP contribution in [0.2, 0.25) is 10.0 Å². The first-order valence-corrected chi connectivity index (χ1v) is 17.5. The molecule has 0 radical (unpaired) electrons. The Kier molecular flexibility index (Phi) is 14.0. The Labute approximate surface area is 248 Å². The normalized spacial score (nSPS) is 18.3. The van der Waals surface area contributed by atoms with Gasteiger partial charge in [-0.1, -0.05) is 69.1 Å². The smallest absolute Gasteiger partial charge is 0.0406 e. The number of hydrogen-bond acceptors (Lipinski definition) is 6. The second-order valence-electron chi connectivity index (χ2n) is 10.5. The molecule has 2 heterocycles. The average molecular weight is 596 g/mol. The monoisotopic (exact) mass is 594 g/mol. The van der Waals surface area contributed by atoms with Crippen molar-refractivity contribution in [3.63, 3.8) is 0 Å². The number of nitrogens with zero attached hydrogens (tertiary/aromatic N) is 4. The third-order valence-corrected chi connectivity index (χ3v) is 10.8. The zero-order chi connectivity index (χ0) is 26.4. The summed E-state index contributed by atoms with van der Waals surface area (Å²) >= 11 is 12.0. The van der Waals surface area contributed by atoms with E-state index in [-0.39, 0.29) is 0 Å². The maximum absolute atomic E-state index is 5.99. The van der Waals surface area contributed by atoms with Crippen molar-refractivity contribution in [2.45, 2.75) is 25.7 Å². The summed E-state index contributed by atoms with van der Waals surface area (Å²) in [4.78, 5) is 10.5. The molecule has 0 unspecified atom stereocenters. The van der Waals surface area contributed by atoms with Crippen LogP contribution in [0, 0.1) is 0 Å². The molecule has 4 nitrogen and oxygen atoms in total. The second-order valence-corrected chi connectivity index (χ2v) is 14.0. The highest BCUT2D eigenvalue weighted by atomic mass is 35.5. The topological polar surface area (TPSA) is 13.0 Å². The van der Waals surface area contributed by atoms with Crippen LogP contribution in [-0.4, -0.2) is 110 Å². The summed E-state index contributed by atoms with van der Waals surface area (Å²) < 4.78 is 0. The third kappa shape index (κ3) is 11.6. The van der Waals surface area contributed by atoms with Crippen LogP contribution in [0.4, 0.5) is 0 Å². The largest absolute Gasteiger partial charge is 0.301 e. The Bertz CT molecular complexity index is 824. The lowest BCUT2D eigenvalue weighted by Gasteiger charge is -2.34. The van der Waals surface area contributed by atoms with Crippen LogP contribution in [0.3, 0.4) is 0 Å². The fraction of sp³-hybridized carbons (Fsp3) is 0.600. The summed E-state index contributed by atoms with van der Waals surface area (Å²) in [5, 5.41) is 1.65. The lowest BCUT2D eigenvalue weighted by atomic mass is 10.1. The van der Waals surface area contributed by atoms with Crippen molar-refractivity contribution in [3.8, 4) is 0 Å². The Balaban J connectivity index is 0.931. The predicted molar refractivity (Wildman–Crippen MR) is 170 cm³/mol. The van der Waals surface area contributed by atoms with Gasteiger partial charge in [0.15, 0.2) is 0 Å². The molecule has 38 heavy (non-hydrogen) atoms. The first kappa shape index (κ1) is 30.5. The highest BCUT2D eigenvalue weighted by Crippen LogP contribution is 2.23. The predicted octanol–water partition coefficient (Wildman–Crippen LogP) is 6.18. The average Bonchev–Trinajstić information content (AvgIpc) is 2.95. The second kappa shape index (κ2) is 17.4. The summed E-state index contributed by atoms with van der Waals surface area (Å²) in [6, 6.07) is 16.6. The summed E-state index contributed by atoms with van der Waals surface area (Å²) in [7, 11) is 4.15. The highest BCUT2D eigenvalue weighted by molar-refractivity contribution is 8.76. The van der Waals surface area contributed by atoms with Crippen LogP contribution in [0.15, 0.2) is 48.5 Å². The Morgan fingerprint density at radius 1 is 0.474 bits per heavy atom. The Hall–Kier alpha value is -0.440. The molecule has 2 aliphatic heterocycles. The van der Waals surface area contributed by atoms with Crippen LogP contribution in [-0.2, 0) is 12.8 Å². The third-order valence-electron chi connectivity index (χ3n) is 7.68. The molecule has 0 saturated carbocycles. The molecule has 4 rings (SSSR count). The molecule has 0 aromatic heterocycles. The van der Waals surface area contributed by atoms with E-state index in [0.717, 1.165) is 36.0 Å². The lowest BCUT2D eigenvalue weighted by molar-refractivity contribution is 0.134. The van der Waals surface area contributed by atoms with Crippen LogP contribution in [0.1, 0.15) is 24.0 Å². The fourth-order valence-electron chi connectivity index (χ4n) is 5.16. The van der Waals surface area contributed by atoms with Gasteiger partial charge in [-0.25, -0.2) is 0 Å². The maximum Gasteiger partial charge on any atom is 0.0406 e. The lowest BCUT2D eigenvalue weighted by Crippen LogP contribution is -2.47. The van der Waals surface area contributed by atoms with E-state index in [1.165, 1.54) is 101 Å². The molecule has 0 atom stereocenters. The molecule has 0 amide bonds. The van der Waals surface area contributed by atoms with E-state index in [0.29, 0.717) is 0 Å². The van der Waals surface area contributed by atoms with Gasteiger partial charge < -0.3 is 19.6 Å². The van der Waals surface area contributed by atoms with Gasteiger partial charge >= 0.3 is 0 Å². The number of rotatable bonds is 15. The molecule has 0 bridgehead atoms. The van der Waals surface area contributed by atoms with E-state index >= 15 is 0 Å². The first-order valence-electron chi connectivity index (χ1n) is 14.3. The van der Waals surface area contributed by atoms with E-state index in [2.05, 4.69) is 65.5 Å². The van der Waals surface area contributed by atoms with Crippen molar-refractivity contribution in [1.82, 2.24) is 19.6 Å². The molecule has 2 aliphatic rings. The summed E-state index contributed by atoms with van der Waals surface area (Å²) in [5.41, 5.74) is 2.77. The Morgan fingerprint density at radius 3 is 1.13 bits per heavy atom. The standard InChI is InChI=1S/C30H44Cl2N4S2/c31-29-7-3-27(4-8-29)11-15-35-21-17-33(18-22-35)13-1-25-37-38-26-2-14-34-19-23-36(24-20-34)16-12-28-5-9-30(32)10-6-28/h3-10H,1-2,11-26H2. The molecule has 2 fully saturated rings. The minimum absolute atomic E-state index is 0.825. The number of hydrogen-bond donors (Lipinski definition) is 0. The molecular formula is C30H44Cl2N4S2. The quantitative estimate of drug-likeness (QED) is 0.179. The van der Waals surface area contributed by atoms with Crippen molar-refractivity contribution in [3.05, 3.63) is 69.7 Å². The minimum Gasteiger partial charge on any atom is -0.301 e. The van der Waals surface area contributed by atoms with Crippen LogP contribution in [0.5, 0.6) is 0 Å². The molecule has 210 valence electrons. The van der Waals surface area contributed by atoms with Gasteiger partial charge in [0.1, 0.15) is 0 Å². The van der Waals surface area contributed by atoms with Gasteiger partial charge in [-0.2, -0.15) is 0 Å². The van der Waals surface area contributed by atoms with E-state index < -0.39 is 0 Å². The number of piperazine rings is 2. The zero-order valence-electron chi connectivity index (χ0n) is 22.7. The molecule has 0 spiro atoms. The molecule has 0 N–H and O–H groups in total. The van der Waals surface area contributed by atoms with E-state index in [1.54, 1.807) is 0 Å². The van der Waals surface area contributed by atoms with Gasteiger partial charge in [0, 0.05) is 87.0 Å². The van der Waals surface area contributed by atoms with Gasteiger partial charge in [0.2, 0.25) is 0 Å². The van der Waals surface area contributed by atoms with Gasteiger partial charge in [-0.15, -0.1) is 0 Å². The van der Waals surface area contributed by atoms with E-state index in [4.69, 9.17) is 23.2 Å². The summed E-state index contributed by atoms with van der Waals surface area (Å²) in [5.74, 6) is 2.54. The summed E-state index contributed by atoms with van der Waals surface area (Å²) in [6.07, 6.45) is 4.85. The molecular weight excluding hydrogens is 551 g/mol. The van der Waals surface area contributed by atoms with E-state index in [1.807, 2.05) is 24.3 Å². The highest BCUT2D eigenvalue weighted by Gasteiger charge is 2.17. The van der Waals surface area contributed by atoms with Crippen molar-refractivity contribution >= 4 is 44.8 Å². The molecule has 2 aromatic carbocycles. The van der Waals surface area contributed by atoms with E-state index in [9.17, 15) is 0 Å². The SMILES string of the molecule is Clc1ccc(CCN2CCN(CCCSSCCCN3CCN(CCc4ccc(Cl)cc4)CC3)CC2)cc1. The number of benzene rings is 2. The molecule has 0 aliphatic carbocycles. The Morgan fingerprint density at radius 2 is 0.789 bits per heavy atom. The van der Waals surface area contributed by atoms with Gasteiger partial charge in [0.25, 0.3) is 0 Å². The van der Waals surface area contributed by atoms with Crippen molar-refractivity contribution in [1.29, 1.82) is 0 Å². The molecule has 2 saturated heterocycles. The first-order chi connectivity index (χ1) is 18.6.